The summed E-state index contributed by atoms with van der Waals surface area (Å²) in [6, 6.07) is -1.45. The van der Waals surface area contributed by atoms with Gasteiger partial charge in [-0.2, -0.15) is 0 Å². The summed E-state index contributed by atoms with van der Waals surface area (Å²) >= 11 is 0. The summed E-state index contributed by atoms with van der Waals surface area (Å²) in [5, 5.41) is 13.6. The molecule has 0 radical (unpaired) electrons. The highest BCUT2D eigenvalue weighted by atomic mass is 16.4. The van der Waals surface area contributed by atoms with Gasteiger partial charge in [-0.15, -0.1) is 0 Å². The van der Waals surface area contributed by atoms with E-state index in [1.54, 1.807) is 20.8 Å². The van der Waals surface area contributed by atoms with Crippen LogP contribution in [0.5, 0.6) is 0 Å². The lowest BCUT2D eigenvalue weighted by molar-refractivity contribution is -0.139. The van der Waals surface area contributed by atoms with Gasteiger partial charge in [0.15, 0.2) is 0 Å². The number of carbonyl (C=O) groups is 2. The molecule has 2 amide bonds. The highest BCUT2D eigenvalue weighted by Gasteiger charge is 2.17. The normalized spacial score (nSPS) is 11.9. The second-order valence-electron chi connectivity index (χ2n) is 3.88. The second kappa shape index (κ2) is 6.04. The smallest absolute Gasteiger partial charge is 0.326 e. The third-order valence-corrected chi connectivity index (χ3v) is 2.48. The molecule has 0 aliphatic rings. The van der Waals surface area contributed by atoms with E-state index in [0.29, 0.717) is 18.1 Å². The fourth-order valence-corrected chi connectivity index (χ4v) is 1.32. The van der Waals surface area contributed by atoms with Crippen molar-refractivity contribution in [3.05, 3.63) is 17.3 Å². The summed E-state index contributed by atoms with van der Waals surface area (Å²) in [6.45, 7) is 5.39. The maximum Gasteiger partial charge on any atom is 0.326 e. The maximum absolute atomic E-state index is 11.4. The molecule has 7 heteroatoms. The maximum atomic E-state index is 11.4. The van der Waals surface area contributed by atoms with Gasteiger partial charge in [-0.05, 0) is 20.3 Å². The van der Waals surface area contributed by atoms with Crippen molar-refractivity contribution in [2.45, 2.75) is 39.8 Å². The van der Waals surface area contributed by atoms with Crippen molar-refractivity contribution in [1.29, 1.82) is 0 Å². The molecule has 0 fully saturated rings. The van der Waals surface area contributed by atoms with Crippen molar-refractivity contribution in [3.63, 3.8) is 0 Å². The number of nitrogens with one attached hydrogen (secondary N) is 2. The highest BCUT2D eigenvalue weighted by molar-refractivity contribution is 5.82. The molecule has 0 saturated heterocycles. The number of aromatic nitrogens is 1. The molecule has 0 spiro atoms. The average Bonchev–Trinajstić information content (AvgIpc) is 2.63. The Hall–Kier alpha value is -2.05. The van der Waals surface area contributed by atoms with E-state index in [2.05, 4.69) is 15.6 Å². The molecule has 18 heavy (non-hydrogen) atoms. The van der Waals surface area contributed by atoms with Crippen LogP contribution in [0.1, 0.15) is 30.7 Å². The first-order chi connectivity index (χ1) is 8.43. The highest BCUT2D eigenvalue weighted by Crippen LogP contribution is 2.07. The SMILES string of the molecule is CC[C@H](NC(=O)NCc1nc(C)c(C)o1)C(=O)O. The zero-order valence-corrected chi connectivity index (χ0v) is 10.6. The van der Waals surface area contributed by atoms with E-state index in [1.807, 2.05) is 0 Å². The Balaban J connectivity index is 2.44. The Kier molecular flexibility index (Phi) is 4.70. The quantitative estimate of drug-likeness (QED) is 0.726. The Labute approximate surface area is 105 Å². The summed E-state index contributed by atoms with van der Waals surface area (Å²) in [5.41, 5.74) is 0.768. The fourth-order valence-electron chi connectivity index (χ4n) is 1.32. The second-order valence-corrected chi connectivity index (χ2v) is 3.88. The molecule has 3 N–H and O–H groups in total. The molecule has 1 heterocycles. The fraction of sp³-hybridized carbons (Fsp3) is 0.545. The van der Waals surface area contributed by atoms with Gasteiger partial charge in [0.25, 0.3) is 0 Å². The third-order valence-electron chi connectivity index (χ3n) is 2.48. The molecule has 100 valence electrons. The Bertz CT molecular complexity index is 422. The summed E-state index contributed by atoms with van der Waals surface area (Å²) < 4.78 is 5.27. The lowest BCUT2D eigenvalue weighted by atomic mass is 10.2. The average molecular weight is 255 g/mol. The minimum atomic E-state index is -1.06. The van der Waals surface area contributed by atoms with Crippen LogP contribution in [0.3, 0.4) is 0 Å². The number of aryl methyl sites for hydroxylation is 2. The van der Waals surface area contributed by atoms with E-state index in [0.717, 1.165) is 5.69 Å². The molecule has 0 aliphatic heterocycles. The standard InChI is InChI=1S/C11H17N3O4/c1-4-8(10(15)16)14-11(17)12-5-9-13-6(2)7(3)18-9/h8H,4-5H2,1-3H3,(H,15,16)(H2,12,14,17)/t8-/m0/s1. The van der Waals surface area contributed by atoms with Gasteiger partial charge >= 0.3 is 12.0 Å². The third kappa shape index (κ3) is 3.76. The molecular weight excluding hydrogens is 238 g/mol. The summed E-state index contributed by atoms with van der Waals surface area (Å²) in [5.74, 6) is 0.0307. The van der Waals surface area contributed by atoms with Gasteiger partial charge in [0.1, 0.15) is 11.8 Å². The minimum absolute atomic E-state index is 0.122. The molecule has 1 rings (SSSR count). The van der Waals surface area contributed by atoms with Crippen LogP contribution in [-0.4, -0.2) is 28.1 Å². The number of nitrogens with zero attached hydrogens (tertiary/aromatic N) is 1. The number of amides is 2. The Morgan fingerprint density at radius 3 is 2.56 bits per heavy atom. The van der Waals surface area contributed by atoms with E-state index in [1.165, 1.54) is 0 Å². The van der Waals surface area contributed by atoms with Gasteiger partial charge in [0, 0.05) is 0 Å². The first-order valence-electron chi connectivity index (χ1n) is 5.64. The Morgan fingerprint density at radius 2 is 2.11 bits per heavy atom. The lowest BCUT2D eigenvalue weighted by Gasteiger charge is -2.12. The topological polar surface area (TPSA) is 104 Å². The summed E-state index contributed by atoms with van der Waals surface area (Å²) in [6.07, 6.45) is 0.319. The van der Waals surface area contributed by atoms with Crippen LogP contribution in [0, 0.1) is 13.8 Å². The van der Waals surface area contributed by atoms with Gasteiger partial charge < -0.3 is 20.2 Å². The van der Waals surface area contributed by atoms with Gasteiger partial charge in [-0.25, -0.2) is 14.6 Å². The van der Waals surface area contributed by atoms with Crippen LogP contribution in [0.25, 0.3) is 0 Å². The van der Waals surface area contributed by atoms with Crippen molar-refractivity contribution in [2.24, 2.45) is 0 Å². The first-order valence-corrected chi connectivity index (χ1v) is 5.64. The van der Waals surface area contributed by atoms with Crippen LogP contribution < -0.4 is 10.6 Å². The van der Waals surface area contributed by atoms with Crippen molar-refractivity contribution >= 4 is 12.0 Å². The predicted molar refractivity (Wildman–Crippen MR) is 63.1 cm³/mol. The number of oxazole rings is 1. The molecule has 0 aliphatic carbocycles. The molecule has 0 unspecified atom stereocenters. The van der Waals surface area contributed by atoms with Gasteiger partial charge in [0.05, 0.1) is 12.2 Å². The zero-order chi connectivity index (χ0) is 13.7. The van der Waals surface area contributed by atoms with Crippen LogP contribution in [0.4, 0.5) is 4.79 Å². The number of rotatable bonds is 5. The van der Waals surface area contributed by atoms with Crippen LogP contribution in [0.15, 0.2) is 4.42 Å². The van der Waals surface area contributed by atoms with E-state index < -0.39 is 18.0 Å². The van der Waals surface area contributed by atoms with Gasteiger partial charge in [-0.1, -0.05) is 6.92 Å². The minimum Gasteiger partial charge on any atom is -0.480 e. The molecule has 7 nitrogen and oxygen atoms in total. The van der Waals surface area contributed by atoms with Crippen LogP contribution >= 0.6 is 0 Å². The number of urea groups is 1. The molecule has 0 bridgehead atoms. The van der Waals surface area contributed by atoms with Gasteiger partial charge in [0.2, 0.25) is 5.89 Å². The van der Waals surface area contributed by atoms with E-state index in [-0.39, 0.29) is 6.54 Å². The molecule has 1 aromatic rings. The van der Waals surface area contributed by atoms with E-state index in [4.69, 9.17) is 9.52 Å². The number of carboxylic acids is 1. The van der Waals surface area contributed by atoms with Crippen molar-refractivity contribution in [3.8, 4) is 0 Å². The molecule has 0 aromatic carbocycles. The van der Waals surface area contributed by atoms with Crippen LogP contribution in [-0.2, 0) is 11.3 Å². The number of hydrogen-bond acceptors (Lipinski definition) is 4. The van der Waals surface area contributed by atoms with E-state index >= 15 is 0 Å². The monoisotopic (exact) mass is 255 g/mol. The number of carboxylic acid groups (broad SMARTS) is 1. The zero-order valence-electron chi connectivity index (χ0n) is 10.6. The van der Waals surface area contributed by atoms with Crippen molar-refractivity contribution in [1.82, 2.24) is 15.6 Å². The molecule has 1 atom stereocenters. The number of carbonyl (C=O) groups excluding carboxylic acids is 1. The number of hydrogen-bond donors (Lipinski definition) is 3. The number of aliphatic carboxylic acids is 1. The van der Waals surface area contributed by atoms with E-state index in [9.17, 15) is 9.59 Å². The van der Waals surface area contributed by atoms with Gasteiger partial charge in [-0.3, -0.25) is 0 Å². The lowest BCUT2D eigenvalue weighted by Crippen LogP contribution is -2.45. The van der Waals surface area contributed by atoms with Crippen molar-refractivity contribution < 1.29 is 19.1 Å². The largest absolute Gasteiger partial charge is 0.480 e. The predicted octanol–water partition coefficient (Wildman–Crippen LogP) is 0.954. The molecule has 1 aromatic heterocycles. The first kappa shape index (κ1) is 14.0. The molecule has 0 saturated carbocycles. The summed E-state index contributed by atoms with van der Waals surface area (Å²) in [7, 11) is 0. The van der Waals surface area contributed by atoms with Crippen molar-refractivity contribution in [2.75, 3.05) is 0 Å². The molecular formula is C11H17N3O4. The Morgan fingerprint density at radius 1 is 1.44 bits per heavy atom. The summed E-state index contributed by atoms with van der Waals surface area (Å²) in [4.78, 5) is 26.2. The van der Waals surface area contributed by atoms with Crippen LogP contribution in [0.2, 0.25) is 0 Å².